The normalized spacial score (nSPS) is 21.1. The SMILES string of the molecule is CCCC(Nc1nc(Cl)nc(NC(CCC)C2CCN(OC)CC2)n1)C1CCN(OC)CC1. The van der Waals surface area contributed by atoms with Gasteiger partial charge in [0.25, 0.3) is 0 Å². The number of hydroxylamine groups is 4. The monoisotopic (exact) mass is 483 g/mol. The molecule has 2 atom stereocenters. The molecule has 1 aromatic rings. The first-order valence-corrected chi connectivity index (χ1v) is 13.0. The number of nitrogens with one attached hydrogen (secondary N) is 2. The highest BCUT2D eigenvalue weighted by atomic mass is 35.5. The van der Waals surface area contributed by atoms with Crippen LogP contribution in [0.1, 0.15) is 65.2 Å². The van der Waals surface area contributed by atoms with Crippen LogP contribution in [0.2, 0.25) is 5.28 Å². The smallest absolute Gasteiger partial charge is 0.229 e. The molecule has 2 N–H and O–H groups in total. The van der Waals surface area contributed by atoms with Gasteiger partial charge in [-0.2, -0.15) is 25.1 Å². The van der Waals surface area contributed by atoms with Crippen molar-refractivity contribution in [1.29, 1.82) is 0 Å². The molecule has 2 aliphatic heterocycles. The molecule has 3 rings (SSSR count). The third kappa shape index (κ3) is 7.89. The number of piperidine rings is 2. The van der Waals surface area contributed by atoms with Crippen LogP contribution in [0.15, 0.2) is 0 Å². The zero-order chi connectivity index (χ0) is 23.6. The average Bonchev–Trinajstić information content (AvgIpc) is 2.83. The second-order valence-corrected chi connectivity index (χ2v) is 9.57. The predicted molar refractivity (Wildman–Crippen MR) is 132 cm³/mol. The van der Waals surface area contributed by atoms with E-state index in [1.54, 1.807) is 14.2 Å². The van der Waals surface area contributed by atoms with E-state index in [0.717, 1.165) is 77.5 Å². The van der Waals surface area contributed by atoms with Gasteiger partial charge < -0.3 is 20.3 Å². The first-order chi connectivity index (χ1) is 16.1. The van der Waals surface area contributed by atoms with Gasteiger partial charge in [-0.1, -0.05) is 26.7 Å². The number of rotatable bonds is 12. The lowest BCUT2D eigenvalue weighted by Crippen LogP contribution is -2.40. The topological polar surface area (TPSA) is 87.7 Å². The van der Waals surface area contributed by atoms with Gasteiger partial charge in [-0.25, -0.2) is 0 Å². The summed E-state index contributed by atoms with van der Waals surface area (Å²) in [5.74, 6) is 2.24. The van der Waals surface area contributed by atoms with Gasteiger partial charge in [0.1, 0.15) is 0 Å². The summed E-state index contributed by atoms with van der Waals surface area (Å²) in [5.41, 5.74) is 0. The minimum atomic E-state index is 0.226. The van der Waals surface area contributed by atoms with E-state index in [0.29, 0.717) is 35.8 Å². The highest BCUT2D eigenvalue weighted by Gasteiger charge is 2.29. The molecule has 0 radical (unpaired) electrons. The van der Waals surface area contributed by atoms with Crippen molar-refractivity contribution in [3.05, 3.63) is 5.28 Å². The molecule has 0 spiro atoms. The van der Waals surface area contributed by atoms with Gasteiger partial charge in [-0.3, -0.25) is 0 Å². The van der Waals surface area contributed by atoms with E-state index >= 15 is 0 Å². The zero-order valence-electron chi connectivity index (χ0n) is 20.7. The van der Waals surface area contributed by atoms with Gasteiger partial charge in [0.05, 0.1) is 14.2 Å². The molecule has 9 nitrogen and oxygen atoms in total. The highest BCUT2D eigenvalue weighted by molar-refractivity contribution is 6.28. The zero-order valence-corrected chi connectivity index (χ0v) is 21.5. The van der Waals surface area contributed by atoms with Crippen LogP contribution in [0, 0.1) is 11.8 Å². The number of aromatic nitrogens is 3. The first kappa shape index (κ1) is 26.3. The Balaban J connectivity index is 1.66. The standard InChI is InChI=1S/C23H42ClN7O2/c1-5-7-19(17-9-13-30(32-3)14-10-17)25-22-27-21(24)28-23(29-22)26-20(8-6-2)18-11-15-31(33-4)16-12-18/h17-20H,5-16H2,1-4H3,(H2,25,26,27,28,29). The summed E-state index contributed by atoms with van der Waals surface area (Å²) in [4.78, 5) is 24.3. The molecule has 0 bridgehead atoms. The molecule has 0 amide bonds. The first-order valence-electron chi connectivity index (χ1n) is 12.6. The molecule has 2 fully saturated rings. The van der Waals surface area contributed by atoms with E-state index < -0.39 is 0 Å². The Morgan fingerprint density at radius 1 is 0.788 bits per heavy atom. The molecule has 2 saturated heterocycles. The van der Waals surface area contributed by atoms with Crippen molar-refractivity contribution >= 4 is 23.5 Å². The van der Waals surface area contributed by atoms with Crippen LogP contribution in [0.4, 0.5) is 11.9 Å². The summed E-state index contributed by atoms with van der Waals surface area (Å²) in [5, 5.41) is 11.5. The minimum Gasteiger partial charge on any atom is -0.351 e. The van der Waals surface area contributed by atoms with Crippen molar-refractivity contribution in [2.45, 2.75) is 77.3 Å². The molecule has 3 heterocycles. The lowest BCUT2D eigenvalue weighted by Gasteiger charge is -2.35. The Kier molecular flexibility index (Phi) is 10.8. The molecule has 10 heteroatoms. The van der Waals surface area contributed by atoms with Crippen LogP contribution in [0.5, 0.6) is 0 Å². The van der Waals surface area contributed by atoms with E-state index in [1.165, 1.54) is 0 Å². The summed E-state index contributed by atoms with van der Waals surface area (Å²) >= 11 is 6.33. The van der Waals surface area contributed by atoms with Gasteiger partial charge in [0.15, 0.2) is 0 Å². The number of halogens is 1. The second-order valence-electron chi connectivity index (χ2n) is 9.23. The Bertz CT molecular complexity index is 643. The summed E-state index contributed by atoms with van der Waals surface area (Å²) in [6.07, 6.45) is 8.71. The molecule has 0 aromatic carbocycles. The van der Waals surface area contributed by atoms with E-state index in [2.05, 4.69) is 34.4 Å². The number of nitrogens with zero attached hydrogens (tertiary/aromatic N) is 5. The molecule has 2 unspecified atom stereocenters. The molecule has 1 aromatic heterocycles. The molecule has 0 saturated carbocycles. The molecular weight excluding hydrogens is 442 g/mol. The van der Waals surface area contributed by atoms with Gasteiger partial charge >= 0.3 is 0 Å². The Labute approximate surface area is 203 Å². The van der Waals surface area contributed by atoms with Crippen LogP contribution >= 0.6 is 11.6 Å². The maximum absolute atomic E-state index is 6.33. The molecular formula is C23H42ClN7O2. The lowest BCUT2D eigenvalue weighted by molar-refractivity contribution is -0.148. The van der Waals surface area contributed by atoms with Crippen molar-refractivity contribution in [2.75, 3.05) is 51.0 Å². The van der Waals surface area contributed by atoms with Crippen LogP contribution in [0.25, 0.3) is 0 Å². The number of hydrogen-bond acceptors (Lipinski definition) is 9. The van der Waals surface area contributed by atoms with E-state index in [9.17, 15) is 0 Å². The van der Waals surface area contributed by atoms with Gasteiger partial charge in [0, 0.05) is 38.3 Å². The van der Waals surface area contributed by atoms with Crippen LogP contribution in [-0.2, 0) is 9.68 Å². The van der Waals surface area contributed by atoms with Crippen LogP contribution in [0.3, 0.4) is 0 Å². The van der Waals surface area contributed by atoms with Crippen molar-refractivity contribution < 1.29 is 9.68 Å². The lowest BCUT2D eigenvalue weighted by atomic mass is 9.87. The van der Waals surface area contributed by atoms with E-state index in [4.69, 9.17) is 26.3 Å². The molecule has 33 heavy (non-hydrogen) atoms. The van der Waals surface area contributed by atoms with Crippen molar-refractivity contribution in [3.63, 3.8) is 0 Å². The average molecular weight is 484 g/mol. The minimum absolute atomic E-state index is 0.226. The Morgan fingerprint density at radius 2 is 1.18 bits per heavy atom. The van der Waals surface area contributed by atoms with E-state index in [1.807, 2.05) is 10.1 Å². The van der Waals surface area contributed by atoms with Crippen LogP contribution in [-0.4, -0.2) is 77.6 Å². The Morgan fingerprint density at radius 3 is 1.52 bits per heavy atom. The maximum Gasteiger partial charge on any atom is 0.229 e. The molecule has 188 valence electrons. The molecule has 2 aliphatic rings. The summed E-state index contributed by atoms with van der Waals surface area (Å²) in [6.45, 7) is 8.25. The highest BCUT2D eigenvalue weighted by Crippen LogP contribution is 2.28. The summed E-state index contributed by atoms with van der Waals surface area (Å²) in [7, 11) is 3.49. The second kappa shape index (κ2) is 13.6. The van der Waals surface area contributed by atoms with Crippen LogP contribution < -0.4 is 10.6 Å². The van der Waals surface area contributed by atoms with Gasteiger partial charge in [-0.05, 0) is 62.0 Å². The van der Waals surface area contributed by atoms with Crippen molar-refractivity contribution in [1.82, 2.24) is 25.1 Å². The number of hydrogen-bond donors (Lipinski definition) is 2. The summed E-state index contributed by atoms with van der Waals surface area (Å²) in [6, 6.07) is 0.621. The summed E-state index contributed by atoms with van der Waals surface area (Å²) < 4.78 is 0. The predicted octanol–water partition coefficient (Wildman–Crippen LogP) is 4.23. The van der Waals surface area contributed by atoms with Gasteiger partial charge in [-0.15, -0.1) is 0 Å². The largest absolute Gasteiger partial charge is 0.351 e. The maximum atomic E-state index is 6.33. The third-order valence-electron chi connectivity index (χ3n) is 7.09. The fraction of sp³-hybridized carbons (Fsp3) is 0.870. The van der Waals surface area contributed by atoms with Crippen molar-refractivity contribution in [2.24, 2.45) is 11.8 Å². The fourth-order valence-electron chi connectivity index (χ4n) is 5.21. The quantitative estimate of drug-likeness (QED) is 0.453. The Hall–Kier alpha value is -1.26. The van der Waals surface area contributed by atoms with Crippen molar-refractivity contribution in [3.8, 4) is 0 Å². The third-order valence-corrected chi connectivity index (χ3v) is 7.26. The van der Waals surface area contributed by atoms with E-state index in [-0.39, 0.29) is 5.28 Å². The van der Waals surface area contributed by atoms with Gasteiger partial charge in [0.2, 0.25) is 17.2 Å². The fourth-order valence-corrected chi connectivity index (χ4v) is 5.37. The molecule has 0 aliphatic carbocycles. The number of anilines is 2.